The molecule has 0 aromatic rings. The van der Waals surface area contributed by atoms with E-state index in [4.69, 9.17) is 0 Å². The van der Waals surface area contributed by atoms with Gasteiger partial charge in [-0.05, 0) is 0 Å². The molecule has 0 saturated heterocycles. The maximum absolute atomic E-state index is 2.40. The Kier molecular flexibility index (Phi) is 11.6. The van der Waals surface area contributed by atoms with Crippen LogP contribution in [-0.2, 0) is 0 Å². The molecule has 21 heavy (non-hydrogen) atoms. The fraction of sp³-hybridized carbons (Fsp3) is 0.950. The first-order valence-corrected chi connectivity index (χ1v) is 17.6. The summed E-state index contributed by atoms with van der Waals surface area (Å²) in [7, 11) is 0. The average molecular weight is 400 g/mol. The Morgan fingerprint density at radius 3 is 1.38 bits per heavy atom. The van der Waals surface area contributed by atoms with E-state index in [1.165, 1.54) is 70.6 Å². The first-order valence-electron chi connectivity index (χ1n) is 10.1. The summed E-state index contributed by atoms with van der Waals surface area (Å²) >= 11 is -1.98. The maximum atomic E-state index is 2.40. The zero-order valence-electron chi connectivity index (χ0n) is 15.3. The Bertz CT molecular complexity index is 206. The van der Waals surface area contributed by atoms with E-state index in [0.29, 0.717) is 0 Å². The summed E-state index contributed by atoms with van der Waals surface area (Å²) in [6, 6.07) is 0. The van der Waals surface area contributed by atoms with E-state index in [0.717, 1.165) is 0 Å². The van der Waals surface area contributed by atoms with Gasteiger partial charge in [-0.25, -0.2) is 0 Å². The summed E-state index contributed by atoms with van der Waals surface area (Å²) < 4.78 is 7.29. The SMILES string of the molecule is CCC[CH2][Sn]([CH2]CCC)([CH2]CCC)[C]1CCCCCCC1. The molecule has 0 bridgehead atoms. The third-order valence-corrected chi connectivity index (χ3v) is 22.7. The number of rotatable bonds is 10. The molecule has 0 atom stereocenters. The van der Waals surface area contributed by atoms with E-state index in [-0.39, 0.29) is 0 Å². The van der Waals surface area contributed by atoms with Crippen molar-refractivity contribution < 1.29 is 0 Å². The van der Waals surface area contributed by atoms with Crippen molar-refractivity contribution in [1.29, 1.82) is 0 Å². The monoisotopic (exact) mass is 401 g/mol. The molecule has 0 unspecified atom stereocenters. The van der Waals surface area contributed by atoms with Crippen LogP contribution in [0.5, 0.6) is 0 Å². The van der Waals surface area contributed by atoms with Crippen LogP contribution in [0.2, 0.25) is 13.3 Å². The van der Waals surface area contributed by atoms with Gasteiger partial charge in [-0.15, -0.1) is 0 Å². The van der Waals surface area contributed by atoms with Gasteiger partial charge in [0.1, 0.15) is 0 Å². The van der Waals surface area contributed by atoms with Gasteiger partial charge in [0.05, 0.1) is 0 Å². The summed E-state index contributed by atoms with van der Waals surface area (Å²) in [5.41, 5.74) is 0. The number of unbranched alkanes of at least 4 members (excludes halogenated alkanes) is 3. The molecule has 125 valence electrons. The summed E-state index contributed by atoms with van der Waals surface area (Å²) in [5, 5.41) is 0. The zero-order valence-corrected chi connectivity index (χ0v) is 18.2. The van der Waals surface area contributed by atoms with Crippen molar-refractivity contribution in [2.24, 2.45) is 0 Å². The van der Waals surface area contributed by atoms with Crippen molar-refractivity contribution in [2.45, 2.75) is 118 Å². The van der Waals surface area contributed by atoms with Crippen LogP contribution >= 0.6 is 0 Å². The molecule has 1 aliphatic carbocycles. The van der Waals surface area contributed by atoms with Crippen LogP contribution in [0.1, 0.15) is 104 Å². The Balaban J connectivity index is 2.80. The molecule has 1 heteroatoms. The Hall–Kier alpha value is 0.799. The van der Waals surface area contributed by atoms with Gasteiger partial charge in [-0.3, -0.25) is 0 Å². The van der Waals surface area contributed by atoms with Crippen molar-refractivity contribution in [3.63, 3.8) is 0 Å². The molecule has 0 aliphatic heterocycles. The Morgan fingerprint density at radius 1 is 0.619 bits per heavy atom. The summed E-state index contributed by atoms with van der Waals surface area (Å²) in [6.45, 7) is 7.21. The average Bonchev–Trinajstić information content (AvgIpc) is 2.47. The van der Waals surface area contributed by atoms with Crippen LogP contribution in [0.4, 0.5) is 0 Å². The zero-order chi connectivity index (χ0) is 15.4. The number of hydrogen-bond donors (Lipinski definition) is 0. The second-order valence-corrected chi connectivity index (χ2v) is 21.1. The van der Waals surface area contributed by atoms with Gasteiger partial charge in [-0.1, -0.05) is 0 Å². The summed E-state index contributed by atoms with van der Waals surface area (Å²) in [6.07, 6.45) is 19.6. The molecule has 0 aromatic carbocycles. The quantitative estimate of drug-likeness (QED) is 0.330. The van der Waals surface area contributed by atoms with E-state index >= 15 is 0 Å². The Labute approximate surface area is 139 Å². The van der Waals surface area contributed by atoms with Crippen LogP contribution < -0.4 is 0 Å². The van der Waals surface area contributed by atoms with Gasteiger partial charge in [0.2, 0.25) is 0 Å². The molecule has 1 radical (unpaired) electrons. The first-order chi connectivity index (χ1) is 10.3. The summed E-state index contributed by atoms with van der Waals surface area (Å²) in [4.78, 5) is 0. The van der Waals surface area contributed by atoms with E-state index in [2.05, 4.69) is 24.7 Å². The standard InChI is InChI=1S/C8H14.3C4H9.Sn/c1-2-4-6-8-7-5-3-1;3*1-3-4-2;/h1-7H2;3*1,3-4H2,2H3;. The van der Waals surface area contributed by atoms with Crippen LogP contribution in [0, 0.1) is 3.93 Å². The molecule has 0 spiro atoms. The predicted octanol–water partition coefficient (Wildman–Crippen LogP) is 7.69. The van der Waals surface area contributed by atoms with Crippen LogP contribution in [0.3, 0.4) is 0 Å². The Morgan fingerprint density at radius 2 is 1.00 bits per heavy atom. The first kappa shape index (κ1) is 19.8. The third kappa shape index (κ3) is 7.27. The van der Waals surface area contributed by atoms with Crippen LogP contribution in [0.15, 0.2) is 0 Å². The predicted molar refractivity (Wildman–Crippen MR) is 100 cm³/mol. The fourth-order valence-corrected chi connectivity index (χ4v) is 22.3. The van der Waals surface area contributed by atoms with Gasteiger partial charge >= 0.3 is 140 Å². The number of hydrogen-bond acceptors (Lipinski definition) is 0. The minimum absolute atomic E-state index is 1.42. The molecule has 1 aliphatic rings. The molecular weight excluding hydrogens is 359 g/mol. The molecule has 1 fully saturated rings. The topological polar surface area (TPSA) is 0 Å². The van der Waals surface area contributed by atoms with Crippen molar-refractivity contribution in [3.8, 4) is 0 Å². The molecule has 0 heterocycles. The fourth-order valence-electron chi connectivity index (χ4n) is 4.31. The second kappa shape index (κ2) is 12.2. The van der Waals surface area contributed by atoms with Gasteiger partial charge in [-0.2, -0.15) is 0 Å². The molecule has 1 saturated carbocycles. The van der Waals surface area contributed by atoms with Gasteiger partial charge < -0.3 is 0 Å². The molecule has 0 amide bonds. The van der Waals surface area contributed by atoms with E-state index < -0.39 is 18.4 Å². The van der Waals surface area contributed by atoms with Crippen molar-refractivity contribution in [1.82, 2.24) is 0 Å². The molecule has 0 nitrogen and oxygen atoms in total. The second-order valence-electron chi connectivity index (χ2n) is 7.46. The van der Waals surface area contributed by atoms with Crippen molar-refractivity contribution >= 4 is 18.4 Å². The van der Waals surface area contributed by atoms with E-state index in [1.807, 2.05) is 0 Å². The van der Waals surface area contributed by atoms with Crippen LogP contribution in [0.25, 0.3) is 0 Å². The van der Waals surface area contributed by atoms with Gasteiger partial charge in [0.25, 0.3) is 0 Å². The van der Waals surface area contributed by atoms with E-state index in [9.17, 15) is 0 Å². The minimum atomic E-state index is -1.98. The van der Waals surface area contributed by atoms with E-state index in [1.54, 1.807) is 26.2 Å². The van der Waals surface area contributed by atoms with Crippen molar-refractivity contribution in [3.05, 3.63) is 3.93 Å². The molecule has 0 aromatic heterocycles. The molecule has 1 rings (SSSR count). The van der Waals surface area contributed by atoms with Crippen LogP contribution in [-0.4, -0.2) is 18.4 Å². The molecular formula is C20H41Sn. The van der Waals surface area contributed by atoms with Gasteiger partial charge in [0.15, 0.2) is 0 Å². The van der Waals surface area contributed by atoms with Crippen molar-refractivity contribution in [2.75, 3.05) is 0 Å². The normalized spacial score (nSPS) is 18.4. The molecule has 0 N–H and O–H groups in total. The van der Waals surface area contributed by atoms with Gasteiger partial charge in [0, 0.05) is 0 Å². The third-order valence-electron chi connectivity index (χ3n) is 5.73. The summed E-state index contributed by atoms with van der Waals surface area (Å²) in [5.74, 6) is 0.